The molecule has 3 rings (SSSR count). The Morgan fingerprint density at radius 3 is 2.58 bits per heavy atom. The average molecular weight is 411 g/mol. The number of nitrogens with one attached hydrogen (secondary N) is 2. The Morgan fingerprint density at radius 2 is 2.00 bits per heavy atom. The number of hydrogen-bond donors (Lipinski definition) is 2. The zero-order valence-electron chi connectivity index (χ0n) is 14.3. The molecule has 1 amide bonds. The summed E-state index contributed by atoms with van der Waals surface area (Å²) in [4.78, 5) is 14.7. The maximum atomic E-state index is 13.0. The molecule has 0 bridgehead atoms. The Labute approximate surface area is 166 Å². The number of anilines is 1. The fourth-order valence-corrected chi connectivity index (χ4v) is 3.61. The molecule has 2 aromatic rings. The van der Waals surface area contributed by atoms with Gasteiger partial charge in [-0.3, -0.25) is 4.79 Å². The monoisotopic (exact) mass is 410 g/mol. The number of aryl methyl sites for hydroxylation is 1. The number of rotatable bonds is 3. The number of carbonyl (C=O) groups excluding carboxylic acids is 1. The minimum Gasteiger partial charge on any atom is -0.360 e. The van der Waals surface area contributed by atoms with Crippen molar-refractivity contribution in [2.45, 2.75) is 19.9 Å². The Balaban J connectivity index is 2.07. The lowest BCUT2D eigenvalue weighted by molar-refractivity contribution is -0.113. The second-order valence-electron chi connectivity index (χ2n) is 5.85. The number of nitrogens with zero attached hydrogens (tertiary/aromatic N) is 2. The van der Waals surface area contributed by atoms with Crippen molar-refractivity contribution in [2.75, 3.05) is 12.4 Å². The number of aromatic nitrogens is 1. The summed E-state index contributed by atoms with van der Waals surface area (Å²) < 4.78 is 5.00. The third-order valence-electron chi connectivity index (χ3n) is 4.16. The maximum Gasteiger partial charge on any atom is 0.257 e. The van der Waals surface area contributed by atoms with Crippen LogP contribution < -0.4 is 10.6 Å². The van der Waals surface area contributed by atoms with E-state index in [1.54, 1.807) is 43.1 Å². The fraction of sp³-hybridized carbons (Fsp3) is 0.235. The summed E-state index contributed by atoms with van der Waals surface area (Å²) in [6, 6.07) is 6.23. The van der Waals surface area contributed by atoms with Gasteiger partial charge in [0.25, 0.3) is 5.91 Å². The zero-order chi connectivity index (χ0) is 19.0. The van der Waals surface area contributed by atoms with Gasteiger partial charge >= 0.3 is 0 Å². The standard InChI is InChI=1S/C17H16Cl2N4O2S/c1-8-7-12(22-25-8)20-16(24)13-9(2)23(3)17(26)21-15(13)14-10(18)5-4-6-11(14)19/h4-7,15H,1-3H3,(H,21,26)(H,20,22,24)/t15-/m1/s1. The molecule has 0 saturated carbocycles. The predicted molar refractivity (Wildman–Crippen MR) is 105 cm³/mol. The quantitative estimate of drug-likeness (QED) is 0.743. The molecule has 136 valence electrons. The van der Waals surface area contributed by atoms with Gasteiger partial charge in [0.2, 0.25) is 0 Å². The van der Waals surface area contributed by atoms with Crippen LogP contribution >= 0.6 is 35.4 Å². The molecule has 2 N–H and O–H groups in total. The topological polar surface area (TPSA) is 70.4 Å². The first-order chi connectivity index (χ1) is 12.3. The van der Waals surface area contributed by atoms with Crippen LogP contribution in [0.25, 0.3) is 0 Å². The van der Waals surface area contributed by atoms with Crippen LogP contribution in [0.2, 0.25) is 10.0 Å². The van der Waals surface area contributed by atoms with Gasteiger partial charge in [-0.15, -0.1) is 0 Å². The molecule has 2 heterocycles. The van der Waals surface area contributed by atoms with Gasteiger partial charge in [-0.05, 0) is 38.2 Å². The number of thiocarbonyl (C=S) groups is 1. The molecule has 1 aromatic heterocycles. The number of amides is 1. The summed E-state index contributed by atoms with van der Waals surface area (Å²) in [6.07, 6.45) is 0. The van der Waals surface area contributed by atoms with E-state index in [0.29, 0.717) is 43.6 Å². The molecule has 1 aliphatic rings. The molecule has 0 aliphatic carbocycles. The summed E-state index contributed by atoms with van der Waals surface area (Å²) in [6.45, 7) is 3.56. The lowest BCUT2D eigenvalue weighted by Crippen LogP contribution is -2.46. The zero-order valence-corrected chi connectivity index (χ0v) is 16.6. The summed E-state index contributed by atoms with van der Waals surface area (Å²) in [5.74, 6) is 0.572. The smallest absolute Gasteiger partial charge is 0.257 e. The summed E-state index contributed by atoms with van der Waals surface area (Å²) >= 11 is 18.1. The second kappa shape index (κ2) is 7.26. The largest absolute Gasteiger partial charge is 0.360 e. The highest BCUT2D eigenvalue weighted by Crippen LogP contribution is 2.38. The van der Waals surface area contributed by atoms with E-state index in [-0.39, 0.29) is 5.91 Å². The number of allylic oxidation sites excluding steroid dienone is 1. The van der Waals surface area contributed by atoms with E-state index in [4.69, 9.17) is 39.9 Å². The molecule has 0 unspecified atom stereocenters. The predicted octanol–water partition coefficient (Wildman–Crippen LogP) is 4.06. The van der Waals surface area contributed by atoms with Crippen LogP contribution in [0.5, 0.6) is 0 Å². The van der Waals surface area contributed by atoms with Crippen molar-refractivity contribution < 1.29 is 9.32 Å². The first-order valence-electron chi connectivity index (χ1n) is 7.73. The van der Waals surface area contributed by atoms with Crippen LogP contribution in [0.15, 0.2) is 40.1 Å². The molecular weight excluding hydrogens is 395 g/mol. The van der Waals surface area contributed by atoms with E-state index in [0.717, 1.165) is 0 Å². The van der Waals surface area contributed by atoms with Crippen molar-refractivity contribution in [3.05, 3.63) is 56.9 Å². The number of halogens is 2. The fourth-order valence-electron chi connectivity index (χ4n) is 2.74. The van der Waals surface area contributed by atoms with Gasteiger partial charge in [0, 0.05) is 34.4 Å². The van der Waals surface area contributed by atoms with Crippen molar-refractivity contribution in [3.63, 3.8) is 0 Å². The number of benzene rings is 1. The van der Waals surface area contributed by atoms with Crippen LogP contribution in [0, 0.1) is 6.92 Å². The summed E-state index contributed by atoms with van der Waals surface area (Å²) in [5.41, 5.74) is 1.72. The summed E-state index contributed by atoms with van der Waals surface area (Å²) in [5, 5.41) is 11.0. The van der Waals surface area contributed by atoms with Gasteiger partial charge in [-0.1, -0.05) is 34.4 Å². The normalized spacial score (nSPS) is 17.3. The van der Waals surface area contributed by atoms with Crippen molar-refractivity contribution >= 4 is 52.3 Å². The molecule has 9 heteroatoms. The Hall–Kier alpha value is -2.09. The molecule has 0 fully saturated rings. The highest BCUT2D eigenvalue weighted by Gasteiger charge is 2.35. The van der Waals surface area contributed by atoms with Gasteiger partial charge in [-0.2, -0.15) is 0 Å². The van der Waals surface area contributed by atoms with E-state index < -0.39 is 6.04 Å². The van der Waals surface area contributed by atoms with Crippen LogP contribution in [0.4, 0.5) is 5.82 Å². The van der Waals surface area contributed by atoms with Crippen LogP contribution in [-0.4, -0.2) is 28.1 Å². The lowest BCUT2D eigenvalue weighted by Gasteiger charge is -2.36. The Kier molecular flexibility index (Phi) is 5.22. The second-order valence-corrected chi connectivity index (χ2v) is 7.05. The SMILES string of the molecule is CC1=C(C(=O)Nc2cc(C)on2)[C@H](c2c(Cl)cccc2Cl)NC(=S)N1C. The highest BCUT2D eigenvalue weighted by atomic mass is 35.5. The van der Waals surface area contributed by atoms with Gasteiger partial charge in [0.15, 0.2) is 10.9 Å². The number of hydrogen-bond acceptors (Lipinski definition) is 4. The number of carbonyl (C=O) groups is 1. The minimum absolute atomic E-state index is 0.326. The third-order valence-corrected chi connectivity index (χ3v) is 5.21. The van der Waals surface area contributed by atoms with Gasteiger partial charge in [0.1, 0.15) is 5.76 Å². The lowest BCUT2D eigenvalue weighted by atomic mass is 9.94. The first kappa shape index (κ1) is 18.7. The van der Waals surface area contributed by atoms with E-state index >= 15 is 0 Å². The van der Waals surface area contributed by atoms with E-state index in [9.17, 15) is 4.79 Å². The van der Waals surface area contributed by atoms with Crippen LogP contribution in [-0.2, 0) is 4.79 Å². The van der Waals surface area contributed by atoms with E-state index in [1.807, 2.05) is 6.92 Å². The maximum absolute atomic E-state index is 13.0. The van der Waals surface area contributed by atoms with Crippen molar-refractivity contribution in [1.82, 2.24) is 15.4 Å². The molecule has 1 atom stereocenters. The molecule has 26 heavy (non-hydrogen) atoms. The third kappa shape index (κ3) is 3.42. The molecule has 0 radical (unpaired) electrons. The highest BCUT2D eigenvalue weighted by molar-refractivity contribution is 7.80. The van der Waals surface area contributed by atoms with Gasteiger partial charge in [0.05, 0.1) is 11.6 Å². The molecular formula is C17H16Cl2N4O2S. The molecule has 0 spiro atoms. The van der Waals surface area contributed by atoms with E-state index in [1.165, 1.54) is 0 Å². The molecule has 1 aromatic carbocycles. The first-order valence-corrected chi connectivity index (χ1v) is 8.89. The molecule has 6 nitrogen and oxygen atoms in total. The Bertz CT molecular complexity index is 905. The van der Waals surface area contributed by atoms with Crippen LogP contribution in [0.3, 0.4) is 0 Å². The average Bonchev–Trinajstić information content (AvgIpc) is 2.97. The van der Waals surface area contributed by atoms with Gasteiger partial charge in [-0.25, -0.2) is 0 Å². The summed E-state index contributed by atoms with van der Waals surface area (Å²) in [7, 11) is 1.78. The van der Waals surface area contributed by atoms with Crippen molar-refractivity contribution in [1.29, 1.82) is 0 Å². The van der Waals surface area contributed by atoms with E-state index in [2.05, 4.69) is 15.8 Å². The Morgan fingerprint density at radius 1 is 1.35 bits per heavy atom. The van der Waals surface area contributed by atoms with Crippen LogP contribution in [0.1, 0.15) is 24.3 Å². The molecule has 0 saturated heterocycles. The van der Waals surface area contributed by atoms with Gasteiger partial charge < -0.3 is 20.1 Å². The molecule has 1 aliphatic heterocycles. The van der Waals surface area contributed by atoms with Crippen molar-refractivity contribution in [2.24, 2.45) is 0 Å². The minimum atomic E-state index is -0.590. The van der Waals surface area contributed by atoms with Crippen molar-refractivity contribution in [3.8, 4) is 0 Å².